The average molecular weight is 261 g/mol. The van der Waals surface area contributed by atoms with Crippen molar-refractivity contribution in [1.82, 2.24) is 5.32 Å². The Labute approximate surface area is 105 Å². The maximum absolute atomic E-state index is 12.9. The van der Waals surface area contributed by atoms with Gasteiger partial charge in [-0.25, -0.2) is 0 Å². The summed E-state index contributed by atoms with van der Waals surface area (Å²) in [5.74, 6) is -0.0930. The fraction of sp³-hybridized carbons (Fsp3) is 0.538. The van der Waals surface area contributed by atoms with Gasteiger partial charge in [0.1, 0.15) is 5.75 Å². The fourth-order valence-electron chi connectivity index (χ4n) is 1.52. The van der Waals surface area contributed by atoms with Crippen LogP contribution in [-0.2, 0) is 12.7 Å². The summed E-state index contributed by atoms with van der Waals surface area (Å²) in [6, 6.07) is 4.20. The number of hydrogen-bond donors (Lipinski definition) is 1. The summed E-state index contributed by atoms with van der Waals surface area (Å²) in [6.07, 6.45) is -3.71. The fourth-order valence-corrected chi connectivity index (χ4v) is 1.52. The Hall–Kier alpha value is -1.23. The molecule has 0 aromatic heterocycles. The summed E-state index contributed by atoms with van der Waals surface area (Å²) in [6.45, 7) is 5.19. The second kappa shape index (κ2) is 6.64. The van der Waals surface area contributed by atoms with Crippen molar-refractivity contribution < 1.29 is 17.9 Å². The van der Waals surface area contributed by atoms with Crippen LogP contribution < -0.4 is 10.1 Å². The van der Waals surface area contributed by atoms with Crippen molar-refractivity contribution in [1.29, 1.82) is 0 Å². The molecule has 0 unspecified atom stereocenters. The molecule has 0 spiro atoms. The lowest BCUT2D eigenvalue weighted by molar-refractivity contribution is -0.139. The Morgan fingerprint density at radius 3 is 2.50 bits per heavy atom. The van der Waals surface area contributed by atoms with Gasteiger partial charge < -0.3 is 10.1 Å². The Morgan fingerprint density at radius 2 is 1.94 bits per heavy atom. The minimum absolute atomic E-state index is 0.0930. The van der Waals surface area contributed by atoms with E-state index in [4.69, 9.17) is 4.74 Å². The second-order valence-electron chi connectivity index (χ2n) is 3.96. The zero-order valence-corrected chi connectivity index (χ0v) is 10.6. The van der Waals surface area contributed by atoms with E-state index < -0.39 is 11.7 Å². The number of rotatable bonds is 6. The summed E-state index contributed by atoms with van der Waals surface area (Å²) in [5, 5.41) is 3.00. The van der Waals surface area contributed by atoms with E-state index in [0.717, 1.165) is 12.6 Å². The van der Waals surface area contributed by atoms with E-state index in [1.165, 1.54) is 6.07 Å². The second-order valence-corrected chi connectivity index (χ2v) is 3.96. The topological polar surface area (TPSA) is 21.3 Å². The van der Waals surface area contributed by atoms with E-state index in [9.17, 15) is 13.2 Å². The zero-order chi connectivity index (χ0) is 13.6. The normalized spacial score (nSPS) is 11.6. The highest BCUT2D eigenvalue weighted by molar-refractivity contribution is 5.39. The van der Waals surface area contributed by atoms with Crippen LogP contribution >= 0.6 is 0 Å². The predicted octanol–water partition coefficient (Wildman–Crippen LogP) is 3.60. The zero-order valence-electron chi connectivity index (χ0n) is 10.6. The van der Waals surface area contributed by atoms with E-state index in [2.05, 4.69) is 5.32 Å². The number of alkyl halides is 3. The third-order valence-corrected chi connectivity index (χ3v) is 2.39. The van der Waals surface area contributed by atoms with Crippen LogP contribution in [0.15, 0.2) is 18.2 Å². The minimum Gasteiger partial charge on any atom is -0.493 e. The molecule has 18 heavy (non-hydrogen) atoms. The molecule has 0 bridgehead atoms. The maximum atomic E-state index is 12.9. The lowest BCUT2D eigenvalue weighted by Crippen LogP contribution is -2.14. The summed E-state index contributed by atoms with van der Waals surface area (Å²) >= 11 is 0. The first-order valence-corrected chi connectivity index (χ1v) is 6.02. The lowest BCUT2D eigenvalue weighted by Gasteiger charge is -2.15. The molecule has 0 aliphatic heterocycles. The van der Waals surface area contributed by atoms with E-state index in [0.29, 0.717) is 18.5 Å². The Bertz CT molecular complexity index is 377. The number of ether oxygens (including phenoxy) is 1. The summed E-state index contributed by atoms with van der Waals surface area (Å²) in [7, 11) is 0. The summed E-state index contributed by atoms with van der Waals surface area (Å²) in [4.78, 5) is 0. The van der Waals surface area contributed by atoms with Crippen molar-refractivity contribution in [3.63, 3.8) is 0 Å². The molecule has 0 fully saturated rings. The van der Waals surface area contributed by atoms with Gasteiger partial charge in [-0.15, -0.1) is 0 Å². The molecule has 102 valence electrons. The Balaban J connectivity index is 2.97. The molecule has 0 heterocycles. The SMILES string of the molecule is CCCOc1ccc(CNCC)cc1C(F)(F)F. The van der Waals surface area contributed by atoms with Gasteiger partial charge in [0.2, 0.25) is 0 Å². The Kier molecular flexibility index (Phi) is 5.47. The first-order valence-electron chi connectivity index (χ1n) is 6.02. The molecule has 2 nitrogen and oxygen atoms in total. The monoisotopic (exact) mass is 261 g/mol. The van der Waals surface area contributed by atoms with Crippen LogP contribution in [0.2, 0.25) is 0 Å². The first kappa shape index (κ1) is 14.8. The smallest absolute Gasteiger partial charge is 0.419 e. The molecular formula is C13H18F3NO. The number of halogens is 3. The highest BCUT2D eigenvalue weighted by Gasteiger charge is 2.34. The van der Waals surface area contributed by atoms with Crippen molar-refractivity contribution >= 4 is 0 Å². The largest absolute Gasteiger partial charge is 0.493 e. The Morgan fingerprint density at radius 1 is 1.22 bits per heavy atom. The van der Waals surface area contributed by atoms with Crippen LogP contribution in [0.1, 0.15) is 31.4 Å². The maximum Gasteiger partial charge on any atom is 0.419 e. The van der Waals surface area contributed by atoms with E-state index in [1.807, 2.05) is 13.8 Å². The van der Waals surface area contributed by atoms with Gasteiger partial charge in [0.05, 0.1) is 12.2 Å². The molecule has 1 aromatic carbocycles. The van der Waals surface area contributed by atoms with Crippen LogP contribution in [0, 0.1) is 0 Å². The van der Waals surface area contributed by atoms with E-state index >= 15 is 0 Å². The quantitative estimate of drug-likeness (QED) is 0.844. The number of benzene rings is 1. The summed E-state index contributed by atoms with van der Waals surface area (Å²) in [5.41, 5.74) is -0.0978. The highest BCUT2D eigenvalue weighted by Crippen LogP contribution is 2.36. The van der Waals surface area contributed by atoms with Crippen LogP contribution in [0.25, 0.3) is 0 Å². The van der Waals surface area contributed by atoms with Gasteiger partial charge >= 0.3 is 6.18 Å². The average Bonchev–Trinajstić information content (AvgIpc) is 2.33. The van der Waals surface area contributed by atoms with Crippen molar-refractivity contribution in [2.75, 3.05) is 13.2 Å². The van der Waals surface area contributed by atoms with Gasteiger partial charge in [0.15, 0.2) is 0 Å². The molecule has 0 saturated carbocycles. The molecule has 0 radical (unpaired) electrons. The molecule has 0 saturated heterocycles. The third kappa shape index (κ3) is 4.22. The van der Waals surface area contributed by atoms with Crippen molar-refractivity contribution in [2.24, 2.45) is 0 Å². The lowest BCUT2D eigenvalue weighted by atomic mass is 10.1. The summed E-state index contributed by atoms with van der Waals surface area (Å²) < 4.78 is 43.8. The van der Waals surface area contributed by atoms with Gasteiger partial charge in [-0.2, -0.15) is 13.2 Å². The molecule has 0 amide bonds. The highest BCUT2D eigenvalue weighted by atomic mass is 19.4. The van der Waals surface area contributed by atoms with Crippen molar-refractivity contribution in [3.05, 3.63) is 29.3 Å². The molecule has 1 aromatic rings. The van der Waals surface area contributed by atoms with Crippen LogP contribution in [0.5, 0.6) is 5.75 Å². The predicted molar refractivity (Wildman–Crippen MR) is 64.6 cm³/mol. The molecule has 5 heteroatoms. The van der Waals surface area contributed by atoms with E-state index in [-0.39, 0.29) is 12.4 Å². The molecule has 1 N–H and O–H groups in total. The van der Waals surface area contributed by atoms with Gasteiger partial charge in [-0.05, 0) is 30.7 Å². The molecule has 0 aliphatic rings. The van der Waals surface area contributed by atoms with E-state index in [1.54, 1.807) is 6.07 Å². The third-order valence-electron chi connectivity index (χ3n) is 2.39. The molecule has 0 aliphatic carbocycles. The van der Waals surface area contributed by atoms with Crippen molar-refractivity contribution in [3.8, 4) is 5.75 Å². The first-order chi connectivity index (χ1) is 8.49. The van der Waals surface area contributed by atoms with Gasteiger partial charge in [-0.1, -0.05) is 19.9 Å². The molecular weight excluding hydrogens is 243 g/mol. The minimum atomic E-state index is -4.38. The molecule has 0 atom stereocenters. The van der Waals surface area contributed by atoms with Gasteiger partial charge in [0.25, 0.3) is 0 Å². The van der Waals surface area contributed by atoms with Crippen LogP contribution in [0.3, 0.4) is 0 Å². The number of nitrogens with one attached hydrogen (secondary N) is 1. The van der Waals surface area contributed by atoms with Gasteiger partial charge in [-0.3, -0.25) is 0 Å². The van der Waals surface area contributed by atoms with Gasteiger partial charge in [0, 0.05) is 6.54 Å². The number of hydrogen-bond acceptors (Lipinski definition) is 2. The molecule has 1 rings (SSSR count). The van der Waals surface area contributed by atoms with Crippen LogP contribution in [0.4, 0.5) is 13.2 Å². The van der Waals surface area contributed by atoms with Crippen LogP contribution in [-0.4, -0.2) is 13.2 Å². The van der Waals surface area contributed by atoms with Crippen molar-refractivity contribution in [2.45, 2.75) is 33.0 Å². The standard InChI is InChI=1S/C13H18F3NO/c1-3-7-18-12-6-5-10(9-17-4-2)8-11(12)13(14,15)16/h5-6,8,17H,3-4,7,9H2,1-2H3.